The molecule has 1 aromatic carbocycles. The van der Waals surface area contributed by atoms with Gasteiger partial charge in [0.05, 0.1) is 0 Å². The van der Waals surface area contributed by atoms with E-state index < -0.39 is 30.3 Å². The Bertz CT molecular complexity index is 1010. The Balaban J connectivity index is 1.70. The summed E-state index contributed by atoms with van der Waals surface area (Å²) in [7, 11) is 0. The zero-order valence-corrected chi connectivity index (χ0v) is 14.1. The van der Waals surface area contributed by atoms with E-state index in [-0.39, 0.29) is 17.9 Å². The highest BCUT2D eigenvalue weighted by Gasteiger charge is 2.32. The van der Waals surface area contributed by atoms with E-state index in [0.29, 0.717) is 5.69 Å². The van der Waals surface area contributed by atoms with Gasteiger partial charge in [0.15, 0.2) is 0 Å². The molecule has 1 amide bonds. The molecule has 0 aliphatic rings. The number of benzene rings is 1. The second-order valence-corrected chi connectivity index (χ2v) is 5.51. The maximum atomic E-state index is 12.5. The van der Waals surface area contributed by atoms with Gasteiger partial charge in [-0.05, 0) is 18.2 Å². The maximum absolute atomic E-state index is 12.5. The monoisotopic (exact) mass is 394 g/mol. The average Bonchev–Trinajstić information content (AvgIpc) is 3.01. The number of aromatic nitrogens is 3. The van der Waals surface area contributed by atoms with Crippen LogP contribution < -0.4 is 15.8 Å². The normalized spacial score (nSPS) is 11.2. The lowest BCUT2D eigenvalue weighted by molar-refractivity contribution is -0.274. The number of nitrogens with zero attached hydrogens (tertiary/aromatic N) is 3. The predicted octanol–water partition coefficient (Wildman–Crippen LogP) is 2.11. The predicted molar refractivity (Wildman–Crippen MR) is 89.0 cm³/mol. The van der Waals surface area contributed by atoms with Crippen molar-refractivity contribution < 1.29 is 27.2 Å². The number of amides is 1. The van der Waals surface area contributed by atoms with Crippen molar-refractivity contribution in [3.8, 4) is 17.3 Å². The molecular formula is C17H13F3N4O4. The molecule has 2 aromatic heterocycles. The van der Waals surface area contributed by atoms with E-state index in [1.165, 1.54) is 24.4 Å². The van der Waals surface area contributed by atoms with Crippen LogP contribution >= 0.6 is 0 Å². The third-order valence-electron chi connectivity index (χ3n) is 3.56. The van der Waals surface area contributed by atoms with Crippen LogP contribution in [0.2, 0.25) is 0 Å². The van der Waals surface area contributed by atoms with Crippen LogP contribution in [0.3, 0.4) is 0 Å². The summed E-state index contributed by atoms with van der Waals surface area (Å²) in [5.41, 5.74) is 0.445. The highest BCUT2D eigenvalue weighted by atomic mass is 19.4. The summed E-state index contributed by atoms with van der Waals surface area (Å²) in [6.07, 6.45) is -3.37. The molecule has 28 heavy (non-hydrogen) atoms. The number of carbonyl (C=O) groups is 1. The zero-order valence-electron chi connectivity index (χ0n) is 14.1. The zero-order chi connectivity index (χ0) is 20.1. The molecule has 3 aromatic rings. The van der Waals surface area contributed by atoms with Crippen molar-refractivity contribution in [1.29, 1.82) is 0 Å². The van der Waals surface area contributed by atoms with Crippen molar-refractivity contribution in [2.24, 2.45) is 0 Å². The number of rotatable bonds is 6. The van der Waals surface area contributed by atoms with Crippen LogP contribution in [-0.4, -0.2) is 27.0 Å². The van der Waals surface area contributed by atoms with Gasteiger partial charge in [-0.1, -0.05) is 29.4 Å². The lowest BCUT2D eigenvalue weighted by atomic mass is 10.2. The standard InChI is InChI=1S/C17H13F3N4O4/c18-17(19,20)27-13-7-2-1-5-11(13)9-22-14(25)10-24-15(23-28-16(24)26)12-6-3-4-8-21-12/h1-8H,9-10H2,(H,22,25). The summed E-state index contributed by atoms with van der Waals surface area (Å²) in [6, 6.07) is 10.3. The van der Waals surface area contributed by atoms with Crippen molar-refractivity contribution in [3.63, 3.8) is 0 Å². The van der Waals surface area contributed by atoms with E-state index in [1.807, 2.05) is 0 Å². The molecule has 0 atom stereocenters. The Kier molecular flexibility index (Phi) is 5.43. The molecule has 8 nitrogen and oxygen atoms in total. The minimum atomic E-state index is -4.85. The number of nitrogens with one attached hydrogen (secondary N) is 1. The summed E-state index contributed by atoms with van der Waals surface area (Å²) in [5, 5.41) is 6.03. The molecule has 0 aliphatic heterocycles. The Hall–Kier alpha value is -3.63. The van der Waals surface area contributed by atoms with Crippen molar-refractivity contribution in [2.75, 3.05) is 0 Å². The molecule has 0 fully saturated rings. The number of hydrogen-bond acceptors (Lipinski definition) is 6. The average molecular weight is 394 g/mol. The van der Waals surface area contributed by atoms with E-state index in [9.17, 15) is 22.8 Å². The number of hydrogen-bond donors (Lipinski definition) is 1. The fraction of sp³-hybridized carbons (Fsp3) is 0.176. The van der Waals surface area contributed by atoms with Crippen molar-refractivity contribution >= 4 is 5.91 Å². The Morgan fingerprint density at radius 2 is 1.93 bits per heavy atom. The minimum absolute atomic E-state index is 0.0570. The van der Waals surface area contributed by atoms with Crippen LogP contribution in [0.5, 0.6) is 5.75 Å². The van der Waals surface area contributed by atoms with Gasteiger partial charge in [-0.3, -0.25) is 14.3 Å². The molecule has 2 heterocycles. The van der Waals surface area contributed by atoms with Crippen LogP contribution in [0.1, 0.15) is 5.56 Å². The van der Waals surface area contributed by atoms with E-state index in [4.69, 9.17) is 0 Å². The van der Waals surface area contributed by atoms with Gasteiger partial charge >= 0.3 is 12.1 Å². The first-order chi connectivity index (χ1) is 13.3. The van der Waals surface area contributed by atoms with E-state index in [1.54, 1.807) is 18.2 Å². The minimum Gasteiger partial charge on any atom is -0.405 e. The number of ether oxygens (including phenoxy) is 1. The molecule has 0 saturated heterocycles. The Labute approximate surface area is 155 Å². The number of carbonyl (C=O) groups excluding carboxylic acids is 1. The summed E-state index contributed by atoms with van der Waals surface area (Å²) < 4.78 is 46.8. The smallest absolute Gasteiger partial charge is 0.405 e. The van der Waals surface area contributed by atoms with Crippen molar-refractivity contribution in [1.82, 2.24) is 20.0 Å². The van der Waals surface area contributed by atoms with Gasteiger partial charge in [0, 0.05) is 18.3 Å². The summed E-state index contributed by atoms with van der Waals surface area (Å²) >= 11 is 0. The van der Waals surface area contributed by atoms with Crippen LogP contribution in [0.25, 0.3) is 11.5 Å². The van der Waals surface area contributed by atoms with Gasteiger partial charge in [-0.25, -0.2) is 9.36 Å². The van der Waals surface area contributed by atoms with Crippen LogP contribution in [-0.2, 0) is 17.9 Å². The van der Waals surface area contributed by atoms with Crippen LogP contribution in [0.15, 0.2) is 58.0 Å². The number of pyridine rings is 1. The molecule has 1 N–H and O–H groups in total. The first-order valence-corrected chi connectivity index (χ1v) is 7.92. The Morgan fingerprint density at radius 1 is 1.18 bits per heavy atom. The number of halogens is 3. The fourth-order valence-corrected chi connectivity index (χ4v) is 2.35. The molecule has 0 aliphatic carbocycles. The molecule has 0 radical (unpaired) electrons. The quantitative estimate of drug-likeness (QED) is 0.688. The summed E-state index contributed by atoms with van der Waals surface area (Å²) in [6.45, 7) is -0.680. The molecule has 0 bridgehead atoms. The lowest BCUT2D eigenvalue weighted by Crippen LogP contribution is -2.31. The van der Waals surface area contributed by atoms with E-state index in [2.05, 4.69) is 24.7 Å². The molecule has 146 valence electrons. The molecule has 0 spiro atoms. The molecule has 0 saturated carbocycles. The van der Waals surface area contributed by atoms with Crippen LogP contribution in [0.4, 0.5) is 13.2 Å². The van der Waals surface area contributed by atoms with E-state index in [0.717, 1.165) is 10.6 Å². The first kappa shape index (κ1) is 19.1. The van der Waals surface area contributed by atoms with Crippen molar-refractivity contribution in [2.45, 2.75) is 19.5 Å². The topological polar surface area (TPSA) is 99.3 Å². The second-order valence-electron chi connectivity index (χ2n) is 5.51. The molecule has 11 heteroatoms. The molecule has 0 unspecified atom stereocenters. The second kappa shape index (κ2) is 7.94. The van der Waals surface area contributed by atoms with Crippen molar-refractivity contribution in [3.05, 3.63) is 64.8 Å². The van der Waals surface area contributed by atoms with Gasteiger partial charge in [0.25, 0.3) is 0 Å². The number of para-hydroxylation sites is 1. The third-order valence-corrected chi connectivity index (χ3v) is 3.56. The largest absolute Gasteiger partial charge is 0.573 e. The summed E-state index contributed by atoms with van der Waals surface area (Å²) in [4.78, 5) is 28.0. The van der Waals surface area contributed by atoms with Crippen LogP contribution in [0, 0.1) is 0 Å². The van der Waals surface area contributed by atoms with Gasteiger partial charge in [-0.2, -0.15) is 0 Å². The first-order valence-electron chi connectivity index (χ1n) is 7.92. The number of alkyl halides is 3. The summed E-state index contributed by atoms with van der Waals surface area (Å²) in [5.74, 6) is -1.87. The lowest BCUT2D eigenvalue weighted by Gasteiger charge is -2.13. The van der Waals surface area contributed by atoms with Gasteiger partial charge in [0.1, 0.15) is 18.0 Å². The van der Waals surface area contributed by atoms with E-state index >= 15 is 0 Å². The highest BCUT2D eigenvalue weighted by molar-refractivity contribution is 5.76. The highest BCUT2D eigenvalue weighted by Crippen LogP contribution is 2.26. The third kappa shape index (κ3) is 4.75. The van der Waals surface area contributed by atoms with Gasteiger partial charge < -0.3 is 10.1 Å². The molecular weight excluding hydrogens is 381 g/mol. The fourth-order valence-electron chi connectivity index (χ4n) is 2.35. The molecule has 3 rings (SSSR count). The Morgan fingerprint density at radius 3 is 2.64 bits per heavy atom. The van der Waals surface area contributed by atoms with Gasteiger partial charge in [-0.15, -0.1) is 13.2 Å². The SMILES string of the molecule is O=C(Cn1c(-c2ccccn2)noc1=O)NCc1ccccc1OC(F)(F)F. The maximum Gasteiger partial charge on any atom is 0.573 e. The van der Waals surface area contributed by atoms with Gasteiger partial charge in [0.2, 0.25) is 11.7 Å².